The van der Waals surface area contributed by atoms with Crippen molar-refractivity contribution >= 4 is 64.2 Å². The lowest BCUT2D eigenvalue weighted by Crippen LogP contribution is -2.00. The van der Waals surface area contributed by atoms with Crippen molar-refractivity contribution in [2.45, 2.75) is 0 Å². The van der Waals surface area contributed by atoms with Crippen LogP contribution < -0.4 is 0 Å². The Morgan fingerprint density at radius 1 is 0.396 bits per heavy atom. The summed E-state index contributed by atoms with van der Waals surface area (Å²) < 4.78 is 8.67. The van der Waals surface area contributed by atoms with Gasteiger partial charge in [0.05, 0.1) is 0 Å². The summed E-state index contributed by atoms with van der Waals surface area (Å²) in [6.07, 6.45) is 0. The lowest BCUT2D eigenvalue weighted by molar-refractivity contribution is 0.669. The topological polar surface area (TPSA) is 51.8 Å². The quantitative estimate of drug-likeness (QED) is 0.194. The van der Waals surface area contributed by atoms with Gasteiger partial charge in [0.2, 0.25) is 0 Å². The second-order valence-corrected chi connectivity index (χ2v) is 13.1. The fraction of sp³-hybridized carbons (Fsp3) is 0. The number of benzene rings is 7. The number of furan rings is 1. The Labute approximate surface area is 279 Å². The zero-order chi connectivity index (χ0) is 31.6. The summed E-state index contributed by atoms with van der Waals surface area (Å²) in [6.45, 7) is 0. The van der Waals surface area contributed by atoms with Crippen molar-refractivity contribution in [1.29, 1.82) is 0 Å². The first-order chi connectivity index (χ1) is 23.8. The number of hydrogen-bond acceptors (Lipinski definition) is 5. The Morgan fingerprint density at radius 2 is 1.06 bits per heavy atom. The van der Waals surface area contributed by atoms with Crippen molar-refractivity contribution in [1.82, 2.24) is 15.0 Å². The molecular weight excluding hydrogens is 607 g/mol. The lowest BCUT2D eigenvalue weighted by Gasteiger charge is -2.12. The van der Waals surface area contributed by atoms with Crippen LogP contribution in [0.1, 0.15) is 0 Å². The Bertz CT molecular complexity index is 2850. The van der Waals surface area contributed by atoms with Gasteiger partial charge in [-0.15, -0.1) is 11.3 Å². The highest BCUT2D eigenvalue weighted by Crippen LogP contribution is 2.41. The van der Waals surface area contributed by atoms with Crippen LogP contribution in [0.15, 0.2) is 156 Å². The second-order valence-electron chi connectivity index (χ2n) is 12.0. The molecular formula is C43H25N3OS. The van der Waals surface area contributed by atoms with Crippen LogP contribution in [0.4, 0.5) is 0 Å². The molecule has 48 heavy (non-hydrogen) atoms. The third-order valence-corrected chi connectivity index (χ3v) is 10.3. The molecule has 0 aliphatic heterocycles. The van der Waals surface area contributed by atoms with Crippen molar-refractivity contribution in [2.24, 2.45) is 0 Å². The molecule has 224 valence electrons. The maximum atomic E-state index is 6.20. The van der Waals surface area contributed by atoms with Crippen LogP contribution in [0.5, 0.6) is 0 Å². The van der Waals surface area contributed by atoms with Gasteiger partial charge >= 0.3 is 0 Å². The van der Waals surface area contributed by atoms with Gasteiger partial charge in [-0.25, -0.2) is 15.0 Å². The number of aromatic nitrogens is 3. The standard InChI is InChI=1S/C43H25N3OS/c1-2-11-26(12-3-1)41-44-42(46-43(45-41)34-18-10-22-38-40(34)33-15-5-7-21-37(33)48-38)31-17-8-13-27-25-28(23-24-29(27)31)30-16-9-20-36-39(30)32-14-4-6-19-35(32)47-36/h1-25H. The van der Waals surface area contributed by atoms with Gasteiger partial charge in [0.25, 0.3) is 0 Å². The van der Waals surface area contributed by atoms with E-state index in [1.807, 2.05) is 36.4 Å². The molecule has 0 spiro atoms. The van der Waals surface area contributed by atoms with Crippen LogP contribution in [-0.4, -0.2) is 15.0 Å². The van der Waals surface area contributed by atoms with Crippen LogP contribution in [0, 0.1) is 0 Å². The van der Waals surface area contributed by atoms with Gasteiger partial charge in [-0.1, -0.05) is 121 Å². The van der Waals surface area contributed by atoms with Crippen molar-refractivity contribution in [2.75, 3.05) is 0 Å². The van der Waals surface area contributed by atoms with E-state index < -0.39 is 0 Å². The van der Waals surface area contributed by atoms with E-state index in [9.17, 15) is 0 Å². The molecule has 0 aliphatic rings. The maximum absolute atomic E-state index is 6.20. The van der Waals surface area contributed by atoms with Crippen molar-refractivity contribution in [3.63, 3.8) is 0 Å². The molecule has 0 saturated heterocycles. The first-order valence-electron chi connectivity index (χ1n) is 15.9. The minimum Gasteiger partial charge on any atom is -0.456 e. The van der Waals surface area contributed by atoms with Crippen LogP contribution in [0.2, 0.25) is 0 Å². The fourth-order valence-electron chi connectivity index (χ4n) is 6.96. The summed E-state index contributed by atoms with van der Waals surface area (Å²) in [4.78, 5) is 15.4. The summed E-state index contributed by atoms with van der Waals surface area (Å²) in [5, 5.41) is 6.85. The van der Waals surface area contributed by atoms with Crippen LogP contribution in [-0.2, 0) is 0 Å². The molecule has 3 aromatic heterocycles. The molecule has 4 nitrogen and oxygen atoms in total. The van der Waals surface area contributed by atoms with Gasteiger partial charge in [-0.2, -0.15) is 0 Å². The Hall–Kier alpha value is -6.17. The van der Waals surface area contributed by atoms with E-state index in [0.29, 0.717) is 17.5 Å². The molecule has 10 rings (SSSR count). The normalized spacial score (nSPS) is 11.8. The number of fused-ring (bicyclic) bond motifs is 7. The van der Waals surface area contributed by atoms with Crippen molar-refractivity contribution < 1.29 is 4.42 Å². The van der Waals surface area contributed by atoms with Crippen LogP contribution in [0.3, 0.4) is 0 Å². The van der Waals surface area contributed by atoms with E-state index in [4.69, 9.17) is 19.4 Å². The Balaban J connectivity index is 1.18. The minimum absolute atomic E-state index is 0.650. The van der Waals surface area contributed by atoms with Crippen molar-refractivity contribution in [3.8, 4) is 45.3 Å². The monoisotopic (exact) mass is 631 g/mol. The minimum atomic E-state index is 0.650. The van der Waals surface area contributed by atoms with E-state index >= 15 is 0 Å². The van der Waals surface area contributed by atoms with E-state index in [0.717, 1.165) is 60.5 Å². The van der Waals surface area contributed by atoms with Gasteiger partial charge in [-0.3, -0.25) is 0 Å². The van der Waals surface area contributed by atoms with Gasteiger partial charge in [0.1, 0.15) is 11.2 Å². The zero-order valence-electron chi connectivity index (χ0n) is 25.6. The summed E-state index contributed by atoms with van der Waals surface area (Å²) in [7, 11) is 0. The van der Waals surface area contributed by atoms with Crippen molar-refractivity contribution in [3.05, 3.63) is 152 Å². The Kier molecular flexibility index (Phi) is 6.01. The largest absolute Gasteiger partial charge is 0.456 e. The van der Waals surface area contributed by atoms with E-state index in [2.05, 4.69) is 115 Å². The van der Waals surface area contributed by atoms with Gasteiger partial charge in [0.15, 0.2) is 17.5 Å². The molecule has 0 radical (unpaired) electrons. The predicted octanol–water partition coefficient (Wildman–Crippen LogP) is 12.0. The average Bonchev–Trinajstić information content (AvgIpc) is 3.73. The average molecular weight is 632 g/mol. The van der Waals surface area contributed by atoms with Gasteiger partial charge in [0, 0.05) is 47.6 Å². The highest BCUT2D eigenvalue weighted by molar-refractivity contribution is 7.25. The summed E-state index contributed by atoms with van der Waals surface area (Å²) in [5.41, 5.74) is 7.00. The number of rotatable bonds is 4. The first kappa shape index (κ1) is 27.0. The van der Waals surface area contributed by atoms with E-state index in [1.165, 1.54) is 20.2 Å². The fourth-order valence-corrected chi connectivity index (χ4v) is 8.09. The van der Waals surface area contributed by atoms with Crippen LogP contribution >= 0.6 is 11.3 Å². The highest BCUT2D eigenvalue weighted by atomic mass is 32.1. The smallest absolute Gasteiger partial charge is 0.164 e. The van der Waals surface area contributed by atoms with Gasteiger partial charge in [-0.05, 0) is 52.2 Å². The van der Waals surface area contributed by atoms with Gasteiger partial charge < -0.3 is 4.42 Å². The molecule has 0 aliphatic carbocycles. The molecule has 0 amide bonds. The molecule has 0 fully saturated rings. The molecule has 10 aromatic rings. The predicted molar refractivity (Wildman–Crippen MR) is 199 cm³/mol. The summed E-state index contributed by atoms with van der Waals surface area (Å²) in [5.74, 6) is 1.97. The molecule has 0 atom stereocenters. The Morgan fingerprint density at radius 3 is 1.98 bits per heavy atom. The number of para-hydroxylation sites is 1. The maximum Gasteiger partial charge on any atom is 0.164 e. The number of nitrogens with zero attached hydrogens (tertiary/aromatic N) is 3. The zero-order valence-corrected chi connectivity index (χ0v) is 26.4. The molecule has 0 N–H and O–H groups in total. The van der Waals surface area contributed by atoms with E-state index in [1.54, 1.807) is 11.3 Å². The molecule has 7 aromatic carbocycles. The third-order valence-electron chi connectivity index (χ3n) is 9.15. The molecule has 0 bridgehead atoms. The highest BCUT2D eigenvalue weighted by Gasteiger charge is 2.18. The van der Waals surface area contributed by atoms with E-state index in [-0.39, 0.29) is 0 Å². The third kappa shape index (κ3) is 4.25. The summed E-state index contributed by atoms with van der Waals surface area (Å²) in [6, 6.07) is 52.7. The van der Waals surface area contributed by atoms with Crippen LogP contribution in [0.25, 0.3) is 98.2 Å². The summed E-state index contributed by atoms with van der Waals surface area (Å²) >= 11 is 1.80. The SMILES string of the molecule is c1ccc(-c2nc(-c3cccc4cc(-c5cccc6oc7ccccc7c56)ccc34)nc(-c3cccc4sc5ccccc5c34)n2)cc1. The molecule has 0 saturated carbocycles. The molecule has 0 unspecified atom stereocenters. The molecule has 3 heterocycles. The lowest BCUT2D eigenvalue weighted by atomic mass is 9.95. The second kappa shape index (κ2) is 10.7. The molecule has 5 heteroatoms. The first-order valence-corrected chi connectivity index (χ1v) is 16.8. The number of hydrogen-bond donors (Lipinski definition) is 0. The number of thiophene rings is 1.